The minimum Gasteiger partial charge on any atom is -1.00 e. The van der Waals surface area contributed by atoms with Crippen LogP contribution in [0.1, 0.15) is 132 Å². The van der Waals surface area contributed by atoms with Gasteiger partial charge in [-0.3, -0.25) is 12.9 Å². The third-order valence-electron chi connectivity index (χ3n) is 7.65. The molecule has 0 amide bonds. The Morgan fingerprint density at radius 3 is 0.854 bits per heavy atom. The molecule has 9 heteroatoms. The minimum atomic E-state index is -3.67. The average Bonchev–Trinajstić information content (AvgIpc) is 3.42. The first kappa shape index (κ1) is 54.7. The number of hydrogen-bond acceptors (Lipinski definition) is 0. The molecule has 3 aliphatic carbocycles. The molecule has 0 unspecified atom stereocenters. The van der Waals surface area contributed by atoms with E-state index >= 15 is 0 Å². The number of halogens is 4. The first-order valence-corrected chi connectivity index (χ1v) is 18.4. The summed E-state index contributed by atoms with van der Waals surface area (Å²) in [6, 6.07) is 0. The maximum atomic E-state index is 9.67. The van der Waals surface area contributed by atoms with Crippen LogP contribution in [0.25, 0.3) is 0 Å². The molecule has 0 spiro atoms. The van der Waals surface area contributed by atoms with Crippen LogP contribution in [0.2, 0.25) is 0 Å². The molecule has 41 heavy (non-hydrogen) atoms. The largest absolute Gasteiger partial charge is 2.00 e. The van der Waals surface area contributed by atoms with Gasteiger partial charge in [0.1, 0.15) is 0 Å². The zero-order chi connectivity index (χ0) is 27.5. The normalized spacial score (nSPS) is 18.0. The van der Waals surface area contributed by atoms with Crippen molar-refractivity contribution in [3.63, 3.8) is 0 Å². The van der Waals surface area contributed by atoms with Gasteiger partial charge in [-0.2, -0.15) is 0 Å². The van der Waals surface area contributed by atoms with Crippen molar-refractivity contribution in [2.45, 2.75) is 166 Å². The van der Waals surface area contributed by atoms with Crippen molar-refractivity contribution in [3.8, 4) is 0 Å². The van der Waals surface area contributed by atoms with Gasteiger partial charge in [-0.1, -0.05) is 24.3 Å². The summed E-state index contributed by atoms with van der Waals surface area (Å²) in [5, 5.41) is 0. The predicted octanol–water partition coefficient (Wildman–Crippen LogP) is 9.37. The van der Waals surface area contributed by atoms with Crippen molar-refractivity contribution < 1.29 is 54.2 Å². The van der Waals surface area contributed by atoms with E-state index in [-0.39, 0.29) is 71.9 Å². The summed E-state index contributed by atoms with van der Waals surface area (Å²) in [6.45, 7) is 19.5. The topological polar surface area (TPSA) is 0 Å². The van der Waals surface area contributed by atoms with E-state index in [1.807, 2.05) is 0 Å². The average molecular weight is 758 g/mol. The molecule has 0 aliphatic heterocycles. The summed E-state index contributed by atoms with van der Waals surface area (Å²) >= 11 is 0. The molecule has 0 aromatic rings. The summed E-state index contributed by atoms with van der Waals surface area (Å²) < 4.78 is 29.0. The van der Waals surface area contributed by atoms with Gasteiger partial charge in [-0.15, -0.1) is 0 Å². The van der Waals surface area contributed by atoms with E-state index in [2.05, 4.69) is 79.7 Å². The Kier molecular flexibility index (Phi) is 45.6. The Morgan fingerprint density at radius 2 is 0.707 bits per heavy atom. The second kappa shape index (κ2) is 34.1. The standard InChI is InChI=1S/2C11H23P.C8H12.2CH3.BF3.FH.Fe.Rh/c2*1-9(2)12(10(3)4)11-7-5-6-8-11;1-2-4-6-8-7-5-3-1;;;2-1(3)4;;;/h2*9-11H,5-8H2,1-4H3;1-2,7-8H,3-6H2;2*1H3;;1H;;/q;;;2*-1;;;+2;/p+1/b;;2-1-,8-7-;;;;;;. The first-order valence-electron chi connectivity index (χ1n) is 14.9. The van der Waals surface area contributed by atoms with Gasteiger partial charge in [0.25, 0.3) is 0 Å². The van der Waals surface area contributed by atoms with Gasteiger partial charge in [-0.25, -0.2) is 0 Å². The van der Waals surface area contributed by atoms with Gasteiger partial charge >= 0.3 is 24.6 Å². The second-order valence-corrected chi connectivity index (χ2v) is 20.2. The van der Waals surface area contributed by atoms with E-state index in [1.54, 1.807) is 25.7 Å². The van der Waals surface area contributed by atoms with Crippen molar-refractivity contribution in [2.24, 2.45) is 0 Å². The minimum absolute atomic E-state index is 0. The summed E-state index contributed by atoms with van der Waals surface area (Å²) in [5.41, 5.74) is 6.23. The summed E-state index contributed by atoms with van der Waals surface area (Å²) in [5.74, 6) is 0. The van der Waals surface area contributed by atoms with E-state index < -0.39 is 7.54 Å². The van der Waals surface area contributed by atoms with Gasteiger partial charge in [-0.05, 0) is 132 Å². The fraction of sp³-hybridized carbons (Fsp3) is 0.812. The first-order chi connectivity index (χ1) is 17.0. The molecule has 251 valence electrons. The van der Waals surface area contributed by atoms with Crippen LogP contribution in [0.3, 0.4) is 0 Å². The Labute approximate surface area is 281 Å². The quantitative estimate of drug-likeness (QED) is 0.0834. The van der Waals surface area contributed by atoms with Crippen LogP contribution in [0, 0.1) is 14.9 Å². The Bertz CT molecular complexity index is 493. The van der Waals surface area contributed by atoms with Crippen molar-refractivity contribution in [1.29, 1.82) is 0 Å². The molecule has 0 N–H and O–H groups in total. The van der Waals surface area contributed by atoms with Gasteiger partial charge in [0.05, 0.1) is 34.0 Å². The number of rotatable bonds is 6. The van der Waals surface area contributed by atoms with E-state index in [1.165, 1.54) is 51.4 Å². The zero-order valence-corrected chi connectivity index (χ0v) is 32.8. The molecule has 0 atom stereocenters. The van der Waals surface area contributed by atoms with Crippen LogP contribution in [0.4, 0.5) is 12.9 Å². The van der Waals surface area contributed by atoms with Crippen LogP contribution in [0.15, 0.2) is 24.3 Å². The van der Waals surface area contributed by atoms with Crippen molar-refractivity contribution in [3.05, 3.63) is 39.2 Å². The van der Waals surface area contributed by atoms with E-state index in [9.17, 15) is 12.9 Å². The maximum absolute atomic E-state index is 9.67. The van der Waals surface area contributed by atoms with Crippen molar-refractivity contribution in [1.82, 2.24) is 0 Å². The van der Waals surface area contributed by atoms with Gasteiger partial charge < -0.3 is 19.6 Å². The fourth-order valence-electron chi connectivity index (χ4n) is 6.59. The van der Waals surface area contributed by atoms with Crippen LogP contribution < -0.4 is 4.70 Å². The van der Waals surface area contributed by atoms with Crippen LogP contribution in [-0.4, -0.2) is 41.5 Å². The van der Waals surface area contributed by atoms with E-state index in [0.717, 1.165) is 34.0 Å². The van der Waals surface area contributed by atoms with E-state index in [0.29, 0.717) is 0 Å². The maximum Gasteiger partial charge on any atom is 2.00 e. The molecular formula is C32H66BF4FeP2Rh+. The molecular weight excluding hydrogens is 692 g/mol. The smallest absolute Gasteiger partial charge is 1.00 e. The van der Waals surface area contributed by atoms with Crippen molar-refractivity contribution >= 4 is 23.4 Å². The molecule has 0 nitrogen and oxygen atoms in total. The van der Waals surface area contributed by atoms with Crippen LogP contribution in [-0.2, 0) is 36.5 Å². The molecule has 3 rings (SSSR count). The third-order valence-corrected chi connectivity index (χ3v) is 16.0. The summed E-state index contributed by atoms with van der Waals surface area (Å²) in [4.78, 5) is 0. The molecule has 0 heterocycles. The van der Waals surface area contributed by atoms with E-state index in [4.69, 9.17) is 0 Å². The molecule has 2 fully saturated rings. The van der Waals surface area contributed by atoms with Gasteiger partial charge in [0, 0.05) is 35.3 Å². The summed E-state index contributed by atoms with van der Waals surface area (Å²) in [7, 11) is -3.78. The van der Waals surface area contributed by atoms with Gasteiger partial charge in [0.15, 0.2) is 0 Å². The predicted molar refractivity (Wildman–Crippen MR) is 180 cm³/mol. The second-order valence-electron chi connectivity index (χ2n) is 11.9. The van der Waals surface area contributed by atoms with Crippen LogP contribution >= 0.6 is 15.8 Å². The Morgan fingerprint density at radius 1 is 0.537 bits per heavy atom. The monoisotopic (exact) mass is 758 g/mol. The molecule has 0 aromatic heterocycles. The van der Waals surface area contributed by atoms with Crippen LogP contribution in [0.5, 0.6) is 0 Å². The summed E-state index contributed by atoms with van der Waals surface area (Å²) in [6.07, 6.45) is 26.2. The third kappa shape index (κ3) is 28.5. The van der Waals surface area contributed by atoms with Crippen molar-refractivity contribution in [2.75, 3.05) is 0 Å². The number of hydrogen-bond donors (Lipinski definition) is 0. The Balaban J connectivity index is -0.000000101. The zero-order valence-electron chi connectivity index (χ0n) is 28.0. The number of allylic oxidation sites excluding steroid dienone is 4. The fourth-order valence-corrected chi connectivity index (χ4v) is 15.2. The molecule has 0 aromatic carbocycles. The molecule has 2 saturated carbocycles. The van der Waals surface area contributed by atoms with Gasteiger partial charge in [0.2, 0.25) is 0 Å². The molecule has 1 radical (unpaired) electrons. The molecule has 0 bridgehead atoms. The molecule has 0 saturated heterocycles. The SMILES string of the molecule is C1=C\CC/C=C\CC/1.CC(C)[PH+](C(C)C)C1CCCC1.CC(C)[PH+](C(C)C)C1CCCC1.FB(F)F.[CH3-].[CH3-].[F-].[Fe+2].[Rh]. The molecule has 3 aliphatic rings. The Hall–Kier alpha value is 1.27.